The summed E-state index contributed by atoms with van der Waals surface area (Å²) in [7, 11) is 1.56. The van der Waals surface area contributed by atoms with Crippen molar-refractivity contribution in [1.82, 2.24) is 15.2 Å². The molecule has 1 fully saturated rings. The summed E-state index contributed by atoms with van der Waals surface area (Å²) in [6, 6.07) is 3.68. The first-order valence-corrected chi connectivity index (χ1v) is 5.74. The van der Waals surface area contributed by atoms with Gasteiger partial charge in [0.05, 0.1) is 12.7 Å². The van der Waals surface area contributed by atoms with Crippen LogP contribution in [0.4, 0.5) is 0 Å². The fourth-order valence-electron chi connectivity index (χ4n) is 1.94. The van der Waals surface area contributed by atoms with E-state index in [0.29, 0.717) is 11.4 Å². The Bertz CT molecular complexity index is 391. The fraction of sp³-hybridized carbons (Fsp3) is 0.500. The minimum atomic E-state index is 0.0363. The third kappa shape index (κ3) is 2.55. The molecular formula is C12H17N3O2. The Labute approximate surface area is 101 Å². The van der Waals surface area contributed by atoms with Crippen molar-refractivity contribution < 1.29 is 9.53 Å². The van der Waals surface area contributed by atoms with E-state index in [2.05, 4.69) is 10.3 Å². The summed E-state index contributed by atoms with van der Waals surface area (Å²) in [5.41, 5.74) is 0.611. The summed E-state index contributed by atoms with van der Waals surface area (Å²) in [5, 5.41) is 3.26. The zero-order valence-electron chi connectivity index (χ0n) is 10.1. The summed E-state index contributed by atoms with van der Waals surface area (Å²) in [6.07, 6.45) is 1.57. The second-order valence-corrected chi connectivity index (χ2v) is 4.14. The van der Waals surface area contributed by atoms with Gasteiger partial charge in [-0.15, -0.1) is 0 Å². The normalized spacial score (nSPS) is 20.1. The predicted octanol–water partition coefficient (Wildman–Crippen LogP) is 0.524. The van der Waals surface area contributed by atoms with E-state index >= 15 is 0 Å². The van der Waals surface area contributed by atoms with Gasteiger partial charge in [0.25, 0.3) is 5.91 Å². The monoisotopic (exact) mass is 235 g/mol. The molecule has 0 aliphatic carbocycles. The molecule has 1 amide bonds. The molecule has 0 aromatic carbocycles. The van der Waals surface area contributed by atoms with Crippen molar-refractivity contribution in [2.45, 2.75) is 13.0 Å². The van der Waals surface area contributed by atoms with E-state index in [1.807, 2.05) is 11.8 Å². The van der Waals surface area contributed by atoms with Crippen LogP contribution in [-0.4, -0.2) is 48.6 Å². The van der Waals surface area contributed by atoms with Crippen LogP contribution < -0.4 is 10.1 Å². The molecule has 5 heteroatoms. The van der Waals surface area contributed by atoms with Crippen LogP contribution in [-0.2, 0) is 0 Å². The molecule has 0 bridgehead atoms. The van der Waals surface area contributed by atoms with Crippen LogP contribution in [0.2, 0.25) is 0 Å². The zero-order chi connectivity index (χ0) is 12.3. The lowest BCUT2D eigenvalue weighted by atomic mass is 10.1. The molecule has 1 aromatic rings. The average molecular weight is 235 g/mol. The number of methoxy groups -OCH3 is 1. The van der Waals surface area contributed by atoms with Crippen LogP contribution in [0.25, 0.3) is 0 Å². The molecule has 5 nitrogen and oxygen atoms in total. The number of rotatable bonds is 2. The van der Waals surface area contributed by atoms with Gasteiger partial charge >= 0.3 is 0 Å². The summed E-state index contributed by atoms with van der Waals surface area (Å²) < 4.78 is 4.97. The minimum Gasteiger partial charge on any atom is -0.481 e. The Balaban J connectivity index is 2.12. The number of pyridine rings is 1. The molecule has 0 spiro atoms. The van der Waals surface area contributed by atoms with Crippen LogP contribution in [0, 0.1) is 0 Å². The lowest BCUT2D eigenvalue weighted by Gasteiger charge is -2.33. The van der Waals surface area contributed by atoms with E-state index < -0.39 is 0 Å². The Kier molecular flexibility index (Phi) is 3.58. The molecular weight excluding hydrogens is 218 g/mol. The highest BCUT2D eigenvalue weighted by molar-refractivity contribution is 5.94. The Morgan fingerprint density at radius 3 is 3.00 bits per heavy atom. The summed E-state index contributed by atoms with van der Waals surface area (Å²) in [6.45, 7) is 4.47. The van der Waals surface area contributed by atoms with Crippen molar-refractivity contribution in [3.8, 4) is 5.88 Å². The zero-order valence-corrected chi connectivity index (χ0v) is 10.1. The number of carbonyl (C=O) groups is 1. The number of hydrogen-bond acceptors (Lipinski definition) is 4. The van der Waals surface area contributed by atoms with Gasteiger partial charge in [-0.05, 0) is 13.0 Å². The molecule has 2 heterocycles. The Morgan fingerprint density at radius 1 is 1.59 bits per heavy atom. The van der Waals surface area contributed by atoms with Gasteiger partial charge in [-0.3, -0.25) is 4.79 Å². The van der Waals surface area contributed by atoms with Crippen molar-refractivity contribution in [2.24, 2.45) is 0 Å². The lowest BCUT2D eigenvalue weighted by molar-refractivity contribution is 0.0655. The van der Waals surface area contributed by atoms with Gasteiger partial charge in [0.2, 0.25) is 5.88 Å². The Morgan fingerprint density at radius 2 is 2.41 bits per heavy atom. The van der Waals surface area contributed by atoms with Crippen molar-refractivity contribution in [2.75, 3.05) is 26.7 Å². The molecule has 1 aromatic heterocycles. The number of hydrogen-bond donors (Lipinski definition) is 1. The quantitative estimate of drug-likeness (QED) is 0.812. The molecule has 92 valence electrons. The SMILES string of the molecule is COc1ccc(C(=O)N2CCNC[C@@H]2C)cn1. The molecule has 1 N–H and O–H groups in total. The molecule has 0 radical (unpaired) electrons. The number of piperazine rings is 1. The largest absolute Gasteiger partial charge is 0.481 e. The maximum absolute atomic E-state index is 12.2. The number of nitrogens with zero attached hydrogens (tertiary/aromatic N) is 2. The van der Waals surface area contributed by atoms with Gasteiger partial charge in [0.1, 0.15) is 0 Å². The molecule has 1 aliphatic rings. The van der Waals surface area contributed by atoms with Gasteiger partial charge in [0.15, 0.2) is 0 Å². The predicted molar refractivity (Wildman–Crippen MR) is 64.2 cm³/mol. The molecule has 1 aliphatic heterocycles. The number of ether oxygens (including phenoxy) is 1. The van der Waals surface area contributed by atoms with E-state index in [4.69, 9.17) is 4.74 Å². The number of amides is 1. The number of carbonyl (C=O) groups excluding carboxylic acids is 1. The standard InChI is InChI=1S/C12H17N3O2/c1-9-7-13-5-6-15(9)12(16)10-3-4-11(17-2)14-8-10/h3-4,8-9,13H,5-7H2,1-2H3/t9-/m0/s1. The van der Waals surface area contributed by atoms with E-state index in [1.54, 1.807) is 25.4 Å². The maximum Gasteiger partial charge on any atom is 0.255 e. The fourth-order valence-corrected chi connectivity index (χ4v) is 1.94. The van der Waals surface area contributed by atoms with Crippen LogP contribution in [0.3, 0.4) is 0 Å². The van der Waals surface area contributed by atoms with Crippen LogP contribution >= 0.6 is 0 Å². The molecule has 0 unspecified atom stereocenters. The number of aromatic nitrogens is 1. The van der Waals surface area contributed by atoms with E-state index in [9.17, 15) is 4.79 Å². The van der Waals surface area contributed by atoms with Gasteiger partial charge in [0, 0.05) is 37.9 Å². The summed E-state index contributed by atoms with van der Waals surface area (Å²) >= 11 is 0. The van der Waals surface area contributed by atoms with Crippen molar-refractivity contribution in [1.29, 1.82) is 0 Å². The Hall–Kier alpha value is -1.62. The smallest absolute Gasteiger partial charge is 0.255 e. The van der Waals surface area contributed by atoms with Crippen LogP contribution in [0.1, 0.15) is 17.3 Å². The van der Waals surface area contributed by atoms with Gasteiger partial charge in [-0.1, -0.05) is 0 Å². The van der Waals surface area contributed by atoms with Crippen molar-refractivity contribution >= 4 is 5.91 Å². The molecule has 2 rings (SSSR count). The first-order chi connectivity index (χ1) is 8.22. The van der Waals surface area contributed by atoms with Gasteiger partial charge in [-0.2, -0.15) is 0 Å². The maximum atomic E-state index is 12.2. The van der Waals surface area contributed by atoms with Gasteiger partial charge in [-0.25, -0.2) is 4.98 Å². The lowest BCUT2D eigenvalue weighted by Crippen LogP contribution is -2.52. The molecule has 17 heavy (non-hydrogen) atoms. The minimum absolute atomic E-state index is 0.0363. The second-order valence-electron chi connectivity index (χ2n) is 4.14. The van der Waals surface area contributed by atoms with Crippen molar-refractivity contribution in [3.63, 3.8) is 0 Å². The van der Waals surface area contributed by atoms with Crippen molar-refractivity contribution in [3.05, 3.63) is 23.9 Å². The summed E-state index contributed by atoms with van der Waals surface area (Å²) in [5.74, 6) is 0.559. The molecule has 1 saturated heterocycles. The van der Waals surface area contributed by atoms with Crippen LogP contribution in [0.15, 0.2) is 18.3 Å². The van der Waals surface area contributed by atoms with E-state index in [-0.39, 0.29) is 11.9 Å². The average Bonchev–Trinajstić information content (AvgIpc) is 2.39. The van der Waals surface area contributed by atoms with Gasteiger partial charge < -0.3 is 15.0 Å². The third-order valence-electron chi connectivity index (χ3n) is 2.95. The molecule has 1 atom stereocenters. The van der Waals surface area contributed by atoms with Crippen LogP contribution in [0.5, 0.6) is 5.88 Å². The summed E-state index contributed by atoms with van der Waals surface area (Å²) in [4.78, 5) is 18.2. The molecule has 0 saturated carbocycles. The highest BCUT2D eigenvalue weighted by atomic mass is 16.5. The first-order valence-electron chi connectivity index (χ1n) is 5.74. The highest BCUT2D eigenvalue weighted by Crippen LogP contribution is 2.12. The second kappa shape index (κ2) is 5.14. The topological polar surface area (TPSA) is 54.5 Å². The highest BCUT2D eigenvalue weighted by Gasteiger charge is 2.24. The third-order valence-corrected chi connectivity index (χ3v) is 2.95. The number of nitrogens with one attached hydrogen (secondary N) is 1. The first kappa shape index (κ1) is 11.9. The van der Waals surface area contributed by atoms with E-state index in [0.717, 1.165) is 19.6 Å². The van der Waals surface area contributed by atoms with E-state index in [1.165, 1.54) is 0 Å².